The van der Waals surface area contributed by atoms with Crippen LogP contribution < -0.4 is 5.32 Å². The van der Waals surface area contributed by atoms with Gasteiger partial charge in [0.15, 0.2) is 0 Å². The predicted octanol–water partition coefficient (Wildman–Crippen LogP) is 2.83. The van der Waals surface area contributed by atoms with Gasteiger partial charge in [0.1, 0.15) is 5.54 Å². The third-order valence-corrected chi connectivity index (χ3v) is 3.34. The molecule has 98 valence electrons. The van der Waals surface area contributed by atoms with Crippen molar-refractivity contribution >= 4 is 0 Å². The maximum Gasteiger partial charge on any atom is 0.134 e. The van der Waals surface area contributed by atoms with Gasteiger partial charge >= 0.3 is 0 Å². The zero-order chi connectivity index (χ0) is 13.4. The molecule has 0 aliphatic carbocycles. The summed E-state index contributed by atoms with van der Waals surface area (Å²) in [4.78, 5) is 0. The SMILES string of the molecule is CCC(C)OCCC(C#N)(NC)c1ccccc1. The summed E-state index contributed by atoms with van der Waals surface area (Å²) in [5.74, 6) is 0. The fourth-order valence-electron chi connectivity index (χ4n) is 1.84. The van der Waals surface area contributed by atoms with Gasteiger partial charge < -0.3 is 4.74 Å². The monoisotopic (exact) mass is 246 g/mol. The number of nitrogens with zero attached hydrogens (tertiary/aromatic N) is 1. The van der Waals surface area contributed by atoms with Gasteiger partial charge in [-0.1, -0.05) is 37.3 Å². The molecule has 0 heterocycles. The Morgan fingerprint density at radius 2 is 2.06 bits per heavy atom. The third kappa shape index (κ3) is 3.56. The smallest absolute Gasteiger partial charge is 0.134 e. The van der Waals surface area contributed by atoms with E-state index in [0.29, 0.717) is 13.0 Å². The first-order valence-corrected chi connectivity index (χ1v) is 6.45. The minimum Gasteiger partial charge on any atom is -0.378 e. The molecule has 0 aliphatic rings. The van der Waals surface area contributed by atoms with Gasteiger partial charge in [-0.15, -0.1) is 0 Å². The van der Waals surface area contributed by atoms with E-state index in [0.717, 1.165) is 12.0 Å². The highest BCUT2D eigenvalue weighted by Crippen LogP contribution is 2.24. The van der Waals surface area contributed by atoms with Gasteiger partial charge in [0, 0.05) is 6.42 Å². The number of hydrogen-bond acceptors (Lipinski definition) is 3. The molecule has 0 bridgehead atoms. The molecule has 2 atom stereocenters. The topological polar surface area (TPSA) is 45.0 Å². The highest BCUT2D eigenvalue weighted by molar-refractivity contribution is 5.31. The Kier molecular flexibility index (Phi) is 5.84. The third-order valence-electron chi connectivity index (χ3n) is 3.34. The van der Waals surface area contributed by atoms with Crippen LogP contribution >= 0.6 is 0 Å². The number of nitriles is 1. The summed E-state index contributed by atoms with van der Waals surface area (Å²) in [7, 11) is 1.82. The lowest BCUT2D eigenvalue weighted by Crippen LogP contribution is -2.39. The van der Waals surface area contributed by atoms with Crippen molar-refractivity contribution in [1.82, 2.24) is 5.32 Å². The van der Waals surface area contributed by atoms with Crippen LogP contribution in [0.15, 0.2) is 30.3 Å². The molecule has 1 rings (SSSR count). The first kappa shape index (κ1) is 14.7. The summed E-state index contributed by atoms with van der Waals surface area (Å²) < 4.78 is 5.68. The lowest BCUT2D eigenvalue weighted by molar-refractivity contribution is 0.0524. The lowest BCUT2D eigenvalue weighted by atomic mass is 9.88. The summed E-state index contributed by atoms with van der Waals surface area (Å²) in [5, 5.41) is 12.6. The largest absolute Gasteiger partial charge is 0.378 e. The van der Waals surface area contributed by atoms with Crippen molar-refractivity contribution < 1.29 is 4.74 Å². The lowest BCUT2D eigenvalue weighted by Gasteiger charge is -2.27. The molecule has 1 N–H and O–H groups in total. The molecule has 18 heavy (non-hydrogen) atoms. The van der Waals surface area contributed by atoms with Gasteiger partial charge in [-0.3, -0.25) is 5.32 Å². The molecule has 1 aromatic carbocycles. The van der Waals surface area contributed by atoms with Gasteiger partial charge in [0.25, 0.3) is 0 Å². The molecule has 0 saturated carbocycles. The average Bonchev–Trinajstić information content (AvgIpc) is 2.44. The van der Waals surface area contributed by atoms with Gasteiger partial charge in [0.2, 0.25) is 0 Å². The molecule has 0 aromatic heterocycles. The summed E-state index contributed by atoms with van der Waals surface area (Å²) in [6.07, 6.45) is 1.88. The van der Waals surface area contributed by atoms with Crippen LogP contribution in [-0.2, 0) is 10.3 Å². The van der Waals surface area contributed by atoms with E-state index in [9.17, 15) is 5.26 Å². The van der Waals surface area contributed by atoms with Crippen LogP contribution in [0.4, 0.5) is 0 Å². The Hall–Kier alpha value is -1.37. The van der Waals surface area contributed by atoms with Crippen molar-refractivity contribution in [2.45, 2.75) is 38.3 Å². The molecule has 0 saturated heterocycles. The van der Waals surface area contributed by atoms with Gasteiger partial charge in [0.05, 0.1) is 18.8 Å². The first-order chi connectivity index (χ1) is 8.68. The van der Waals surface area contributed by atoms with E-state index >= 15 is 0 Å². The van der Waals surface area contributed by atoms with E-state index in [2.05, 4.69) is 25.2 Å². The van der Waals surface area contributed by atoms with Crippen LogP contribution in [-0.4, -0.2) is 19.8 Å². The molecule has 0 fully saturated rings. The maximum atomic E-state index is 9.48. The van der Waals surface area contributed by atoms with Crippen LogP contribution in [0.5, 0.6) is 0 Å². The van der Waals surface area contributed by atoms with Crippen LogP contribution in [0.1, 0.15) is 32.3 Å². The second kappa shape index (κ2) is 7.15. The zero-order valence-electron chi connectivity index (χ0n) is 11.4. The molecule has 1 aromatic rings. The molecular formula is C15H22N2O. The number of hydrogen-bond donors (Lipinski definition) is 1. The number of nitrogens with one attached hydrogen (secondary N) is 1. The highest BCUT2D eigenvalue weighted by atomic mass is 16.5. The number of ether oxygens (including phenoxy) is 1. The fourth-order valence-corrected chi connectivity index (χ4v) is 1.84. The molecule has 0 radical (unpaired) electrons. The molecule has 3 heteroatoms. The minimum atomic E-state index is -0.658. The van der Waals surface area contributed by atoms with Crippen molar-refractivity contribution in [3.05, 3.63) is 35.9 Å². The Balaban J connectivity index is 2.73. The normalized spacial score (nSPS) is 15.7. The summed E-state index contributed by atoms with van der Waals surface area (Å²) in [6, 6.07) is 12.2. The minimum absolute atomic E-state index is 0.244. The second-order valence-electron chi connectivity index (χ2n) is 4.47. The standard InChI is InChI=1S/C15H22N2O/c1-4-13(2)18-11-10-15(12-16,17-3)14-8-6-5-7-9-14/h5-9,13,17H,4,10-11H2,1-3H3. The molecule has 3 nitrogen and oxygen atoms in total. The summed E-state index contributed by atoms with van der Waals surface area (Å²) >= 11 is 0. The summed E-state index contributed by atoms with van der Waals surface area (Å²) in [5.41, 5.74) is 0.331. The van der Waals surface area contributed by atoms with Crippen molar-refractivity contribution in [1.29, 1.82) is 5.26 Å². The van der Waals surface area contributed by atoms with E-state index < -0.39 is 5.54 Å². The van der Waals surface area contributed by atoms with Crippen LogP contribution in [0.25, 0.3) is 0 Å². The Labute approximate surface area is 110 Å². The number of benzene rings is 1. The molecule has 0 aliphatic heterocycles. The zero-order valence-corrected chi connectivity index (χ0v) is 11.4. The van der Waals surface area contributed by atoms with Crippen molar-refractivity contribution in [3.8, 4) is 6.07 Å². The van der Waals surface area contributed by atoms with Crippen LogP contribution in [0.3, 0.4) is 0 Å². The van der Waals surface area contributed by atoms with Gasteiger partial charge in [-0.25, -0.2) is 0 Å². The second-order valence-corrected chi connectivity index (χ2v) is 4.47. The van der Waals surface area contributed by atoms with E-state index in [1.165, 1.54) is 0 Å². The molecule has 0 spiro atoms. The van der Waals surface area contributed by atoms with Gasteiger partial charge in [-0.05, 0) is 26.0 Å². The Morgan fingerprint density at radius 1 is 1.39 bits per heavy atom. The maximum absolute atomic E-state index is 9.48. The predicted molar refractivity (Wildman–Crippen MR) is 73.1 cm³/mol. The van der Waals surface area contributed by atoms with E-state index in [1.54, 1.807) is 0 Å². The Bertz CT molecular complexity index is 385. The fraction of sp³-hybridized carbons (Fsp3) is 0.533. The first-order valence-electron chi connectivity index (χ1n) is 6.45. The molecule has 2 unspecified atom stereocenters. The van der Waals surface area contributed by atoms with Crippen LogP contribution in [0, 0.1) is 11.3 Å². The number of rotatable bonds is 7. The van der Waals surface area contributed by atoms with E-state index in [4.69, 9.17) is 4.74 Å². The van der Waals surface area contributed by atoms with E-state index in [1.807, 2.05) is 37.4 Å². The van der Waals surface area contributed by atoms with Crippen LogP contribution in [0.2, 0.25) is 0 Å². The average molecular weight is 246 g/mol. The Morgan fingerprint density at radius 3 is 2.56 bits per heavy atom. The summed E-state index contributed by atoms with van der Waals surface area (Å²) in [6.45, 7) is 4.73. The van der Waals surface area contributed by atoms with Crippen molar-refractivity contribution in [3.63, 3.8) is 0 Å². The highest BCUT2D eigenvalue weighted by Gasteiger charge is 2.30. The van der Waals surface area contributed by atoms with Gasteiger partial charge in [-0.2, -0.15) is 5.26 Å². The van der Waals surface area contributed by atoms with E-state index in [-0.39, 0.29) is 6.10 Å². The van der Waals surface area contributed by atoms with Crippen molar-refractivity contribution in [2.75, 3.05) is 13.7 Å². The van der Waals surface area contributed by atoms with Crippen molar-refractivity contribution in [2.24, 2.45) is 0 Å². The molecular weight excluding hydrogens is 224 g/mol. The molecule has 0 amide bonds. The quantitative estimate of drug-likeness (QED) is 0.804.